The minimum atomic E-state index is -0.751. The molecule has 0 fully saturated rings. The van der Waals surface area contributed by atoms with E-state index in [0.29, 0.717) is 24.2 Å². The fraction of sp³-hybridized carbons (Fsp3) is 0.355. The van der Waals surface area contributed by atoms with E-state index in [1.165, 1.54) is 6.92 Å². The number of fused-ring (bicyclic) bond motifs is 1. The summed E-state index contributed by atoms with van der Waals surface area (Å²) < 4.78 is 13.0. The first-order valence-corrected chi connectivity index (χ1v) is 13.4. The number of aryl methyl sites for hydroxylation is 3. The van der Waals surface area contributed by atoms with Gasteiger partial charge in [-0.15, -0.1) is 0 Å². The van der Waals surface area contributed by atoms with Gasteiger partial charge >= 0.3 is 5.97 Å². The number of hydrogen-bond donors (Lipinski definition) is 1. The number of para-hydroxylation sites is 1. The molecule has 4 aromatic rings. The molecule has 10 heteroatoms. The highest BCUT2D eigenvalue weighted by atomic mass is 32.1. The van der Waals surface area contributed by atoms with Crippen LogP contribution in [0, 0.1) is 13.5 Å². The van der Waals surface area contributed by atoms with E-state index in [4.69, 9.17) is 15.8 Å². The predicted octanol–water partition coefficient (Wildman–Crippen LogP) is 5.58. The summed E-state index contributed by atoms with van der Waals surface area (Å²) in [5, 5.41) is 8.03. The van der Waals surface area contributed by atoms with Crippen molar-refractivity contribution in [1.82, 2.24) is 15.0 Å². The van der Waals surface area contributed by atoms with Crippen molar-refractivity contribution in [3.63, 3.8) is 0 Å². The normalized spacial score (nSPS) is 11.4. The largest absolute Gasteiger partial charge is 0.464 e. The quantitative estimate of drug-likeness (QED) is 0.185. The van der Waals surface area contributed by atoms with Crippen molar-refractivity contribution in [2.45, 2.75) is 52.6 Å². The van der Waals surface area contributed by atoms with Crippen molar-refractivity contribution in [2.75, 3.05) is 25.6 Å². The number of benzene rings is 2. The van der Waals surface area contributed by atoms with E-state index in [1.54, 1.807) is 6.92 Å². The van der Waals surface area contributed by atoms with Crippen LogP contribution in [-0.4, -0.2) is 48.3 Å². The lowest BCUT2D eigenvalue weighted by molar-refractivity contribution is -0.147. The number of nitrogens with zero attached hydrogens (tertiary/aromatic N) is 4. The Kier molecular flexibility index (Phi) is 10.6. The summed E-state index contributed by atoms with van der Waals surface area (Å²) in [7, 11) is 3.87. The average Bonchev–Trinajstić information content (AvgIpc) is 3.53. The second-order valence-electron chi connectivity index (χ2n) is 9.99. The maximum Gasteiger partial charge on any atom is 0.328 e. The minimum Gasteiger partial charge on any atom is -0.464 e. The van der Waals surface area contributed by atoms with Crippen LogP contribution in [0.15, 0.2) is 53.2 Å². The summed E-state index contributed by atoms with van der Waals surface area (Å²) in [6.45, 7) is 13.9. The van der Waals surface area contributed by atoms with E-state index < -0.39 is 12.0 Å². The first-order chi connectivity index (χ1) is 19.2. The van der Waals surface area contributed by atoms with Gasteiger partial charge in [0.2, 0.25) is 11.6 Å². The fourth-order valence-corrected chi connectivity index (χ4v) is 5.12. The average molecular weight is 576 g/mol. The smallest absolute Gasteiger partial charge is 0.328 e. The molecular weight excluding hydrogens is 538 g/mol. The van der Waals surface area contributed by atoms with E-state index in [9.17, 15) is 9.59 Å². The first kappa shape index (κ1) is 31.3. The summed E-state index contributed by atoms with van der Waals surface area (Å²) in [6, 6.07) is 13.1. The Morgan fingerprint density at radius 2 is 1.98 bits per heavy atom. The Morgan fingerprint density at radius 1 is 1.22 bits per heavy atom. The molecule has 0 radical (unpaired) electrons. The molecule has 0 aliphatic heterocycles. The highest BCUT2D eigenvalue weighted by molar-refractivity contribution is 7.59. The number of nitrogens with one attached hydrogen (secondary N) is 1. The Bertz CT molecular complexity index is 1570. The zero-order chi connectivity index (χ0) is 28.8. The zero-order valence-corrected chi connectivity index (χ0v) is 25.2. The molecule has 0 spiro atoms. The molecular formula is C31H37N5O4S. The lowest BCUT2D eigenvalue weighted by Gasteiger charge is -2.19. The second kappa shape index (κ2) is 13.9. The van der Waals surface area contributed by atoms with Crippen LogP contribution in [0.2, 0.25) is 0 Å². The van der Waals surface area contributed by atoms with Gasteiger partial charge in [-0.1, -0.05) is 35.5 Å². The Balaban J connectivity index is 0.00000462. The maximum absolute atomic E-state index is 12.5. The molecule has 2 aromatic carbocycles. The number of ether oxygens (including phenoxy) is 1. The first-order valence-electron chi connectivity index (χ1n) is 13.4. The minimum absolute atomic E-state index is 0. The summed E-state index contributed by atoms with van der Waals surface area (Å²) >= 11 is 0. The molecule has 216 valence electrons. The third-order valence-electron chi connectivity index (χ3n) is 6.81. The molecule has 9 nitrogen and oxygen atoms in total. The molecule has 1 amide bonds. The standard InChI is InChI=1S/C31H35N5O4.H2S/c1-7-39-31(38)27(33-21(3)37)17-22-19-36(28-13-9-8-12-24(22)28)16-10-11-23-18-26(34-40-23)25-15-14-20(2)30(35(5)6)29(25)32-4;/h8-9,12-15,18-19,27H,7,10-11,16-17H2,1-3,5-6H3,(H,33,37);1H2. The number of amides is 1. The van der Waals surface area contributed by atoms with Crippen LogP contribution in [0.5, 0.6) is 0 Å². The molecule has 0 saturated heterocycles. The van der Waals surface area contributed by atoms with Crippen molar-refractivity contribution in [2.24, 2.45) is 0 Å². The summed E-state index contributed by atoms with van der Waals surface area (Å²) in [5.41, 5.74) is 5.92. The molecule has 0 aliphatic rings. The topological polar surface area (TPSA) is 94.0 Å². The Labute approximate surface area is 247 Å². The van der Waals surface area contributed by atoms with Gasteiger partial charge in [0.25, 0.3) is 0 Å². The summed E-state index contributed by atoms with van der Waals surface area (Å²) in [6.07, 6.45) is 3.85. The molecule has 1 unspecified atom stereocenters. The zero-order valence-electron chi connectivity index (χ0n) is 24.2. The molecule has 41 heavy (non-hydrogen) atoms. The number of hydrogen-bond acceptors (Lipinski definition) is 6. The monoisotopic (exact) mass is 575 g/mol. The van der Waals surface area contributed by atoms with Crippen LogP contribution < -0.4 is 10.2 Å². The fourth-order valence-electron chi connectivity index (χ4n) is 5.12. The van der Waals surface area contributed by atoms with Crippen molar-refractivity contribution in [3.8, 4) is 11.3 Å². The number of carbonyl (C=O) groups is 2. The summed E-state index contributed by atoms with van der Waals surface area (Å²) in [5.74, 6) is 0.0336. The number of esters is 1. The van der Waals surface area contributed by atoms with Gasteiger partial charge in [-0.3, -0.25) is 4.79 Å². The molecule has 4 rings (SSSR count). The lowest BCUT2D eigenvalue weighted by atomic mass is 10.0. The SMILES string of the molecule is S.[C-]#[N+]c1c(-c2cc(CCCn3cc(CC(NC(C)=O)C(=O)OCC)c4ccccc43)on2)ccc(C)c1N(C)C. The predicted molar refractivity (Wildman–Crippen MR) is 166 cm³/mol. The third kappa shape index (κ3) is 7.11. The van der Waals surface area contributed by atoms with Gasteiger partial charge in [0, 0.05) is 74.8 Å². The van der Waals surface area contributed by atoms with Gasteiger partial charge in [-0.2, -0.15) is 13.5 Å². The van der Waals surface area contributed by atoms with Crippen LogP contribution in [-0.2, 0) is 33.7 Å². The molecule has 0 bridgehead atoms. The van der Waals surface area contributed by atoms with E-state index in [1.807, 2.05) is 68.5 Å². The number of carbonyl (C=O) groups excluding carboxylic acids is 2. The van der Waals surface area contributed by atoms with Gasteiger partial charge in [0.1, 0.15) is 17.5 Å². The highest BCUT2D eigenvalue weighted by Crippen LogP contribution is 2.40. The maximum atomic E-state index is 12.5. The van der Waals surface area contributed by atoms with Crippen molar-refractivity contribution in [3.05, 3.63) is 77.0 Å². The highest BCUT2D eigenvalue weighted by Gasteiger charge is 2.23. The van der Waals surface area contributed by atoms with E-state index in [2.05, 4.69) is 26.0 Å². The second-order valence-corrected chi connectivity index (χ2v) is 9.99. The van der Waals surface area contributed by atoms with Crippen molar-refractivity contribution >= 4 is 47.6 Å². The summed E-state index contributed by atoms with van der Waals surface area (Å²) in [4.78, 5) is 30.0. The molecule has 2 aromatic heterocycles. The number of rotatable bonds is 11. The van der Waals surface area contributed by atoms with E-state index in [0.717, 1.165) is 52.0 Å². The number of aromatic nitrogens is 2. The van der Waals surface area contributed by atoms with Crippen LogP contribution in [0.3, 0.4) is 0 Å². The van der Waals surface area contributed by atoms with Gasteiger partial charge < -0.3 is 24.0 Å². The Hall–Kier alpha value is -4.23. The molecule has 1 atom stereocenters. The van der Waals surface area contributed by atoms with E-state index in [-0.39, 0.29) is 26.0 Å². The molecule has 1 N–H and O–H groups in total. The van der Waals surface area contributed by atoms with Crippen molar-refractivity contribution in [1.29, 1.82) is 0 Å². The molecule has 0 aliphatic carbocycles. The van der Waals surface area contributed by atoms with Crippen LogP contribution >= 0.6 is 13.5 Å². The van der Waals surface area contributed by atoms with Crippen LogP contribution in [0.4, 0.5) is 11.4 Å². The lowest BCUT2D eigenvalue weighted by Crippen LogP contribution is -2.42. The van der Waals surface area contributed by atoms with Gasteiger partial charge in [-0.05, 0) is 37.5 Å². The molecule has 0 saturated carbocycles. The molecule has 2 heterocycles. The van der Waals surface area contributed by atoms with Gasteiger partial charge in [-0.25, -0.2) is 9.64 Å². The van der Waals surface area contributed by atoms with Crippen molar-refractivity contribution < 1.29 is 18.8 Å². The van der Waals surface area contributed by atoms with Gasteiger partial charge in [0.05, 0.1) is 13.2 Å². The third-order valence-corrected chi connectivity index (χ3v) is 6.81. The van der Waals surface area contributed by atoms with Gasteiger partial charge in [0.15, 0.2) is 0 Å². The Morgan fingerprint density at radius 3 is 2.66 bits per heavy atom. The van der Waals surface area contributed by atoms with Crippen LogP contribution in [0.25, 0.3) is 27.0 Å². The van der Waals surface area contributed by atoms with E-state index >= 15 is 0 Å². The number of anilines is 1. The van der Waals surface area contributed by atoms with Crippen LogP contribution in [0.1, 0.15) is 37.2 Å².